The molecular weight excluding hydrogens is 260 g/mol. The quantitative estimate of drug-likeness (QED) is 0.815. The molecular formula is C15H23ClN2O. The molecule has 0 aliphatic carbocycles. The molecule has 0 radical (unpaired) electrons. The van der Waals surface area contributed by atoms with Crippen LogP contribution in [0, 0.1) is 0 Å². The molecule has 19 heavy (non-hydrogen) atoms. The summed E-state index contributed by atoms with van der Waals surface area (Å²) in [6, 6.07) is 6.46. The number of rotatable bonds is 6. The van der Waals surface area contributed by atoms with Crippen LogP contribution in [0.15, 0.2) is 18.2 Å². The number of unbranched alkanes of at least 4 members (excludes halogenated alkanes) is 1. The largest absolute Gasteiger partial charge is 0.379 e. The van der Waals surface area contributed by atoms with Crippen LogP contribution in [0.4, 0.5) is 0 Å². The number of hydrogen-bond acceptors (Lipinski definition) is 3. The van der Waals surface area contributed by atoms with Crippen LogP contribution in [0.25, 0.3) is 0 Å². The third-order valence-corrected chi connectivity index (χ3v) is 3.89. The van der Waals surface area contributed by atoms with Crippen LogP contribution in [-0.4, -0.2) is 37.7 Å². The minimum atomic E-state index is 0.767. The van der Waals surface area contributed by atoms with E-state index in [0.717, 1.165) is 63.7 Å². The van der Waals surface area contributed by atoms with E-state index < -0.39 is 0 Å². The molecule has 1 aliphatic rings. The Morgan fingerprint density at radius 3 is 2.68 bits per heavy atom. The summed E-state index contributed by atoms with van der Waals surface area (Å²) >= 11 is 6.38. The zero-order valence-electron chi connectivity index (χ0n) is 11.4. The van der Waals surface area contributed by atoms with E-state index >= 15 is 0 Å². The third kappa shape index (κ3) is 4.77. The maximum absolute atomic E-state index is 6.38. The third-order valence-electron chi connectivity index (χ3n) is 3.53. The van der Waals surface area contributed by atoms with Crippen molar-refractivity contribution >= 4 is 11.6 Å². The molecule has 1 fully saturated rings. The molecule has 0 saturated carbocycles. The van der Waals surface area contributed by atoms with Crippen molar-refractivity contribution in [2.24, 2.45) is 5.73 Å². The summed E-state index contributed by atoms with van der Waals surface area (Å²) in [7, 11) is 0. The van der Waals surface area contributed by atoms with Gasteiger partial charge in [0.05, 0.1) is 13.2 Å². The van der Waals surface area contributed by atoms with Gasteiger partial charge in [0.2, 0.25) is 0 Å². The van der Waals surface area contributed by atoms with Gasteiger partial charge in [-0.25, -0.2) is 0 Å². The number of nitrogens with zero attached hydrogens (tertiary/aromatic N) is 1. The lowest BCUT2D eigenvalue weighted by Crippen LogP contribution is -2.35. The summed E-state index contributed by atoms with van der Waals surface area (Å²) in [5, 5.41) is 0.886. The molecule has 0 atom stereocenters. The highest BCUT2D eigenvalue weighted by atomic mass is 35.5. The number of nitrogens with two attached hydrogens (primary N) is 1. The molecule has 1 saturated heterocycles. The van der Waals surface area contributed by atoms with Crippen LogP contribution in [0.2, 0.25) is 5.02 Å². The summed E-state index contributed by atoms with van der Waals surface area (Å²) in [5.41, 5.74) is 8.03. The smallest absolute Gasteiger partial charge is 0.0594 e. The normalized spacial score (nSPS) is 16.7. The molecule has 106 valence electrons. The van der Waals surface area contributed by atoms with E-state index in [4.69, 9.17) is 22.1 Å². The van der Waals surface area contributed by atoms with E-state index in [1.807, 2.05) is 0 Å². The predicted octanol–water partition coefficient (Wildman–Crippen LogP) is 2.45. The van der Waals surface area contributed by atoms with Gasteiger partial charge in [0, 0.05) is 24.7 Å². The Morgan fingerprint density at radius 1 is 1.21 bits per heavy atom. The van der Waals surface area contributed by atoms with Gasteiger partial charge in [-0.15, -0.1) is 0 Å². The van der Waals surface area contributed by atoms with Gasteiger partial charge in [-0.05, 0) is 43.0 Å². The van der Waals surface area contributed by atoms with Crippen LogP contribution in [0.1, 0.15) is 24.0 Å². The summed E-state index contributed by atoms with van der Waals surface area (Å²) < 4.78 is 5.36. The SMILES string of the molecule is NCCCCc1ccc(CN2CCOCC2)c(Cl)c1. The molecule has 0 bridgehead atoms. The lowest BCUT2D eigenvalue weighted by Gasteiger charge is -2.27. The fourth-order valence-corrected chi connectivity index (χ4v) is 2.61. The Balaban J connectivity index is 1.90. The van der Waals surface area contributed by atoms with Crippen molar-refractivity contribution < 1.29 is 4.74 Å². The maximum atomic E-state index is 6.38. The van der Waals surface area contributed by atoms with Crippen LogP contribution in [0.5, 0.6) is 0 Å². The summed E-state index contributed by atoms with van der Waals surface area (Å²) in [4.78, 5) is 2.39. The standard InChI is InChI=1S/C15H23ClN2O/c16-15-11-13(3-1-2-6-17)4-5-14(15)12-18-7-9-19-10-8-18/h4-5,11H,1-3,6-10,12,17H2. The summed E-state index contributed by atoms with van der Waals surface area (Å²) in [5.74, 6) is 0. The molecule has 0 unspecified atom stereocenters. The van der Waals surface area contributed by atoms with Gasteiger partial charge in [-0.2, -0.15) is 0 Å². The van der Waals surface area contributed by atoms with E-state index in [9.17, 15) is 0 Å². The van der Waals surface area contributed by atoms with Crippen LogP contribution >= 0.6 is 11.6 Å². The number of morpholine rings is 1. The topological polar surface area (TPSA) is 38.5 Å². The Kier molecular flexibility index (Phi) is 6.11. The van der Waals surface area contributed by atoms with Crippen LogP contribution in [0.3, 0.4) is 0 Å². The number of benzene rings is 1. The van der Waals surface area contributed by atoms with Crippen LogP contribution in [-0.2, 0) is 17.7 Å². The molecule has 1 aromatic rings. The maximum Gasteiger partial charge on any atom is 0.0594 e. The number of halogens is 1. The van der Waals surface area contributed by atoms with Gasteiger partial charge in [0.25, 0.3) is 0 Å². The van der Waals surface area contributed by atoms with Crippen molar-refractivity contribution in [3.8, 4) is 0 Å². The lowest BCUT2D eigenvalue weighted by atomic mass is 10.1. The summed E-state index contributed by atoms with van der Waals surface area (Å²) in [6.45, 7) is 5.33. The number of hydrogen-bond donors (Lipinski definition) is 1. The summed E-state index contributed by atoms with van der Waals surface area (Å²) in [6.07, 6.45) is 3.28. The molecule has 3 nitrogen and oxygen atoms in total. The van der Waals surface area contributed by atoms with Crippen molar-refractivity contribution in [2.75, 3.05) is 32.8 Å². The Hall–Kier alpha value is -0.610. The highest BCUT2D eigenvalue weighted by molar-refractivity contribution is 6.31. The predicted molar refractivity (Wildman–Crippen MR) is 79.5 cm³/mol. The second-order valence-corrected chi connectivity index (χ2v) is 5.47. The van der Waals surface area contributed by atoms with Gasteiger partial charge in [0.1, 0.15) is 0 Å². The minimum absolute atomic E-state index is 0.767. The van der Waals surface area contributed by atoms with E-state index in [0.29, 0.717) is 0 Å². The van der Waals surface area contributed by atoms with Crippen molar-refractivity contribution in [3.05, 3.63) is 34.3 Å². The number of aryl methyl sites for hydroxylation is 1. The fourth-order valence-electron chi connectivity index (χ4n) is 2.35. The highest BCUT2D eigenvalue weighted by Crippen LogP contribution is 2.21. The van der Waals surface area contributed by atoms with Crippen molar-refractivity contribution in [2.45, 2.75) is 25.8 Å². The van der Waals surface area contributed by atoms with E-state index in [-0.39, 0.29) is 0 Å². The van der Waals surface area contributed by atoms with Gasteiger partial charge in [-0.1, -0.05) is 23.7 Å². The Bertz CT molecular complexity index is 392. The van der Waals surface area contributed by atoms with E-state index in [2.05, 4.69) is 23.1 Å². The molecule has 0 spiro atoms. The van der Waals surface area contributed by atoms with Gasteiger partial charge >= 0.3 is 0 Å². The molecule has 1 aromatic carbocycles. The zero-order chi connectivity index (χ0) is 13.5. The van der Waals surface area contributed by atoms with E-state index in [1.165, 1.54) is 11.1 Å². The fraction of sp³-hybridized carbons (Fsp3) is 0.600. The zero-order valence-corrected chi connectivity index (χ0v) is 12.2. The number of ether oxygens (including phenoxy) is 1. The molecule has 1 heterocycles. The van der Waals surface area contributed by atoms with Gasteiger partial charge in [-0.3, -0.25) is 4.90 Å². The average Bonchev–Trinajstić information content (AvgIpc) is 2.43. The average molecular weight is 283 g/mol. The first kappa shape index (κ1) is 14.8. The second kappa shape index (κ2) is 7.85. The molecule has 4 heteroatoms. The van der Waals surface area contributed by atoms with Crippen molar-refractivity contribution in [1.29, 1.82) is 0 Å². The molecule has 0 amide bonds. The Morgan fingerprint density at radius 2 is 2.00 bits per heavy atom. The monoisotopic (exact) mass is 282 g/mol. The Labute approximate surface area is 120 Å². The molecule has 2 N–H and O–H groups in total. The van der Waals surface area contributed by atoms with Crippen LogP contribution < -0.4 is 5.73 Å². The van der Waals surface area contributed by atoms with Crippen molar-refractivity contribution in [1.82, 2.24) is 4.90 Å². The molecule has 1 aliphatic heterocycles. The van der Waals surface area contributed by atoms with E-state index in [1.54, 1.807) is 0 Å². The minimum Gasteiger partial charge on any atom is -0.379 e. The first-order valence-corrected chi connectivity index (χ1v) is 7.45. The highest BCUT2D eigenvalue weighted by Gasteiger charge is 2.12. The van der Waals surface area contributed by atoms with Crippen molar-refractivity contribution in [3.63, 3.8) is 0 Å². The molecule has 0 aromatic heterocycles. The first-order valence-electron chi connectivity index (χ1n) is 7.07. The van der Waals surface area contributed by atoms with Gasteiger partial charge < -0.3 is 10.5 Å². The van der Waals surface area contributed by atoms with Gasteiger partial charge in [0.15, 0.2) is 0 Å². The lowest BCUT2D eigenvalue weighted by molar-refractivity contribution is 0.0342. The second-order valence-electron chi connectivity index (χ2n) is 5.06. The molecule has 2 rings (SSSR count). The first-order chi connectivity index (χ1) is 9.29.